The van der Waals surface area contributed by atoms with E-state index in [-0.39, 0.29) is 18.4 Å². The summed E-state index contributed by atoms with van der Waals surface area (Å²) in [6, 6.07) is 8.99. The minimum absolute atomic E-state index is 0.162. The van der Waals surface area contributed by atoms with Crippen LogP contribution in [0.25, 0.3) is 10.9 Å². The van der Waals surface area contributed by atoms with E-state index in [2.05, 4.69) is 21.3 Å². The third-order valence-corrected chi connectivity index (χ3v) is 6.52. The molecule has 1 N–H and O–H groups in total. The number of benzene rings is 1. The van der Waals surface area contributed by atoms with Crippen LogP contribution in [0, 0.1) is 11.3 Å². The van der Waals surface area contributed by atoms with E-state index >= 15 is 0 Å². The molecule has 0 spiro atoms. The molecule has 2 fully saturated rings. The van der Waals surface area contributed by atoms with Crippen molar-refractivity contribution in [3.63, 3.8) is 0 Å². The molecular weight excluding hydrogens is 405 g/mol. The fourth-order valence-electron chi connectivity index (χ4n) is 3.78. The molecule has 156 valence electrons. The summed E-state index contributed by atoms with van der Waals surface area (Å²) in [7, 11) is 0. The third kappa shape index (κ3) is 4.19. The lowest BCUT2D eigenvalue weighted by Gasteiger charge is -2.30. The normalized spacial score (nSPS) is 19.7. The number of nitrogens with zero attached hydrogens (tertiary/aromatic N) is 4. The van der Waals surface area contributed by atoms with Crippen LogP contribution in [0.15, 0.2) is 30.5 Å². The SMILES string of the molecule is N#CC1CSCN1C(=O)CNC(=O)c1ccnc2ccc(N3CCC(F)CC3)cc12. The van der Waals surface area contributed by atoms with Crippen molar-refractivity contribution in [3.05, 3.63) is 36.0 Å². The molecule has 0 radical (unpaired) electrons. The highest BCUT2D eigenvalue weighted by atomic mass is 32.2. The van der Waals surface area contributed by atoms with Gasteiger partial charge in [0, 0.05) is 36.1 Å². The Morgan fingerprint density at radius 2 is 2.10 bits per heavy atom. The van der Waals surface area contributed by atoms with Gasteiger partial charge in [0.1, 0.15) is 12.2 Å². The Morgan fingerprint density at radius 3 is 2.87 bits per heavy atom. The lowest BCUT2D eigenvalue weighted by atomic mass is 10.0. The molecule has 1 aromatic carbocycles. The quantitative estimate of drug-likeness (QED) is 0.806. The van der Waals surface area contributed by atoms with E-state index in [1.165, 1.54) is 16.7 Å². The largest absolute Gasteiger partial charge is 0.371 e. The summed E-state index contributed by atoms with van der Waals surface area (Å²) in [6.07, 6.45) is 1.81. The first-order valence-corrected chi connectivity index (χ1v) is 11.0. The fourth-order valence-corrected chi connectivity index (χ4v) is 4.89. The number of anilines is 1. The Balaban J connectivity index is 1.50. The highest BCUT2D eigenvalue weighted by Crippen LogP contribution is 2.27. The number of piperidine rings is 1. The maximum absolute atomic E-state index is 13.5. The Bertz CT molecular complexity index is 1000. The van der Waals surface area contributed by atoms with Gasteiger partial charge in [0.15, 0.2) is 0 Å². The molecule has 2 aliphatic rings. The molecule has 1 atom stereocenters. The van der Waals surface area contributed by atoms with Crippen LogP contribution in [0.4, 0.5) is 10.1 Å². The number of halogens is 1. The van der Waals surface area contributed by atoms with Crippen molar-refractivity contribution < 1.29 is 14.0 Å². The maximum Gasteiger partial charge on any atom is 0.252 e. The van der Waals surface area contributed by atoms with E-state index in [9.17, 15) is 14.0 Å². The predicted octanol–water partition coefficient (Wildman–Crippen LogP) is 2.33. The molecule has 0 saturated carbocycles. The zero-order valence-electron chi connectivity index (χ0n) is 16.4. The smallest absolute Gasteiger partial charge is 0.252 e. The second kappa shape index (κ2) is 8.88. The standard InChI is InChI=1S/C21H22FN5O2S/c22-14-4-7-26(8-5-14)15-1-2-19-18(9-15)17(3-6-24-19)21(29)25-11-20(28)27-13-30-12-16(27)10-23/h1-3,6,9,14,16H,4-5,7-8,11-13H2,(H,25,29). The van der Waals surface area contributed by atoms with Crippen molar-refractivity contribution in [2.75, 3.05) is 36.2 Å². The van der Waals surface area contributed by atoms with E-state index in [0.29, 0.717) is 54.0 Å². The van der Waals surface area contributed by atoms with Gasteiger partial charge in [-0.25, -0.2) is 4.39 Å². The summed E-state index contributed by atoms with van der Waals surface area (Å²) in [5.74, 6) is 0.418. The van der Waals surface area contributed by atoms with E-state index in [4.69, 9.17) is 5.26 Å². The molecule has 2 aromatic rings. The van der Waals surface area contributed by atoms with Gasteiger partial charge in [0.25, 0.3) is 5.91 Å². The summed E-state index contributed by atoms with van der Waals surface area (Å²) in [5, 5.41) is 12.5. The third-order valence-electron chi connectivity index (χ3n) is 5.51. The number of carbonyl (C=O) groups is 2. The van der Waals surface area contributed by atoms with Crippen LogP contribution in [-0.2, 0) is 4.79 Å². The predicted molar refractivity (Wildman–Crippen MR) is 114 cm³/mol. The number of alkyl halides is 1. The summed E-state index contributed by atoms with van der Waals surface area (Å²) >= 11 is 1.52. The average Bonchev–Trinajstić information content (AvgIpc) is 3.26. The fraction of sp³-hybridized carbons (Fsp3) is 0.429. The zero-order chi connectivity index (χ0) is 21.1. The first-order chi connectivity index (χ1) is 14.6. The molecule has 2 amide bonds. The van der Waals surface area contributed by atoms with Crippen molar-refractivity contribution >= 4 is 40.2 Å². The number of pyridine rings is 1. The lowest BCUT2D eigenvalue weighted by Crippen LogP contribution is -2.42. The Kier molecular flexibility index (Phi) is 6.04. The molecule has 3 heterocycles. The van der Waals surface area contributed by atoms with Gasteiger partial charge >= 0.3 is 0 Å². The van der Waals surface area contributed by atoms with Crippen LogP contribution in [0.5, 0.6) is 0 Å². The second-order valence-corrected chi connectivity index (χ2v) is 8.41. The molecule has 0 aliphatic carbocycles. The number of nitriles is 1. The zero-order valence-corrected chi connectivity index (χ0v) is 17.2. The number of hydrogen-bond acceptors (Lipinski definition) is 6. The molecule has 2 saturated heterocycles. The van der Waals surface area contributed by atoms with E-state index < -0.39 is 12.2 Å². The molecule has 1 unspecified atom stereocenters. The summed E-state index contributed by atoms with van der Waals surface area (Å²) in [6.45, 7) is 1.11. The molecule has 4 rings (SSSR count). The Hall–Kier alpha value is -2.86. The monoisotopic (exact) mass is 427 g/mol. The number of nitrogens with one attached hydrogen (secondary N) is 1. The van der Waals surface area contributed by atoms with Gasteiger partial charge in [-0.1, -0.05) is 0 Å². The van der Waals surface area contributed by atoms with Gasteiger partial charge in [-0.05, 0) is 37.1 Å². The molecule has 7 nitrogen and oxygen atoms in total. The van der Waals surface area contributed by atoms with Crippen LogP contribution in [0.2, 0.25) is 0 Å². The number of fused-ring (bicyclic) bond motifs is 1. The number of hydrogen-bond donors (Lipinski definition) is 1. The molecule has 9 heteroatoms. The first-order valence-electron chi connectivity index (χ1n) is 9.89. The van der Waals surface area contributed by atoms with Gasteiger partial charge in [-0.3, -0.25) is 14.6 Å². The number of amides is 2. The maximum atomic E-state index is 13.5. The topological polar surface area (TPSA) is 89.3 Å². The van der Waals surface area contributed by atoms with E-state index in [1.807, 2.05) is 18.2 Å². The van der Waals surface area contributed by atoms with Gasteiger partial charge < -0.3 is 15.1 Å². The second-order valence-electron chi connectivity index (χ2n) is 7.41. The number of thioether (sulfide) groups is 1. The van der Waals surface area contributed by atoms with Crippen LogP contribution in [0.3, 0.4) is 0 Å². The van der Waals surface area contributed by atoms with Crippen LogP contribution in [-0.4, -0.2) is 65.2 Å². The molecule has 2 aliphatic heterocycles. The molecule has 30 heavy (non-hydrogen) atoms. The minimum Gasteiger partial charge on any atom is -0.371 e. The van der Waals surface area contributed by atoms with Gasteiger partial charge in [0.2, 0.25) is 5.91 Å². The van der Waals surface area contributed by atoms with Gasteiger partial charge in [-0.2, -0.15) is 5.26 Å². The Morgan fingerprint density at radius 1 is 1.30 bits per heavy atom. The molecule has 0 bridgehead atoms. The van der Waals surface area contributed by atoms with Crippen LogP contribution in [0.1, 0.15) is 23.2 Å². The summed E-state index contributed by atoms with van der Waals surface area (Å²) in [4.78, 5) is 33.1. The summed E-state index contributed by atoms with van der Waals surface area (Å²) in [5.41, 5.74) is 2.04. The van der Waals surface area contributed by atoms with Crippen molar-refractivity contribution in [2.45, 2.75) is 25.1 Å². The highest BCUT2D eigenvalue weighted by Gasteiger charge is 2.29. The van der Waals surface area contributed by atoms with Crippen molar-refractivity contribution in [3.8, 4) is 6.07 Å². The van der Waals surface area contributed by atoms with E-state index in [0.717, 1.165) is 5.69 Å². The molecular formula is C21H22FN5O2S. The summed E-state index contributed by atoms with van der Waals surface area (Å²) < 4.78 is 13.5. The van der Waals surface area contributed by atoms with Crippen LogP contribution < -0.4 is 10.2 Å². The number of aromatic nitrogens is 1. The average molecular weight is 428 g/mol. The van der Waals surface area contributed by atoms with Crippen molar-refractivity contribution in [2.24, 2.45) is 0 Å². The minimum atomic E-state index is -0.753. The Labute approximate surface area is 178 Å². The lowest BCUT2D eigenvalue weighted by molar-refractivity contribution is -0.129. The van der Waals surface area contributed by atoms with E-state index in [1.54, 1.807) is 12.3 Å². The molecule has 1 aromatic heterocycles. The number of carbonyl (C=O) groups excluding carboxylic acids is 2. The van der Waals surface area contributed by atoms with Crippen LogP contribution >= 0.6 is 11.8 Å². The highest BCUT2D eigenvalue weighted by molar-refractivity contribution is 7.99. The first kappa shape index (κ1) is 20.4. The number of rotatable bonds is 4. The van der Waals surface area contributed by atoms with Gasteiger partial charge in [-0.15, -0.1) is 11.8 Å². The van der Waals surface area contributed by atoms with Gasteiger partial charge in [0.05, 0.1) is 29.6 Å². The van der Waals surface area contributed by atoms with Crippen molar-refractivity contribution in [1.29, 1.82) is 5.26 Å². The van der Waals surface area contributed by atoms with Crippen molar-refractivity contribution in [1.82, 2.24) is 15.2 Å².